The van der Waals surface area contributed by atoms with Crippen LogP contribution in [0, 0.1) is 5.92 Å². The molecule has 106 valence electrons. The fourth-order valence-corrected chi connectivity index (χ4v) is 2.73. The molecule has 0 bridgehead atoms. The third-order valence-electron chi connectivity index (χ3n) is 3.83. The third-order valence-corrected chi connectivity index (χ3v) is 3.83. The van der Waals surface area contributed by atoms with E-state index in [0.717, 1.165) is 36.4 Å². The maximum absolute atomic E-state index is 11.1. The fourth-order valence-electron chi connectivity index (χ4n) is 2.73. The van der Waals surface area contributed by atoms with Crippen molar-refractivity contribution in [3.05, 3.63) is 30.2 Å². The molecule has 0 aliphatic carbocycles. The molecule has 0 aromatic carbocycles. The Morgan fingerprint density at radius 2 is 2.30 bits per heavy atom. The smallest absolute Gasteiger partial charge is 0.308 e. The predicted molar refractivity (Wildman–Crippen MR) is 75.7 cm³/mol. The summed E-state index contributed by atoms with van der Waals surface area (Å²) in [6, 6.07) is 3.94. The normalized spacial score (nSPS) is 19.4. The van der Waals surface area contributed by atoms with Crippen molar-refractivity contribution in [3.8, 4) is 0 Å². The molecule has 0 radical (unpaired) electrons. The van der Waals surface area contributed by atoms with Gasteiger partial charge in [-0.2, -0.15) is 0 Å². The van der Waals surface area contributed by atoms with Gasteiger partial charge in [-0.25, -0.2) is 4.98 Å². The summed E-state index contributed by atoms with van der Waals surface area (Å²) in [5.74, 6) is -0.981. The van der Waals surface area contributed by atoms with Gasteiger partial charge >= 0.3 is 5.97 Å². The van der Waals surface area contributed by atoms with Gasteiger partial charge in [-0.3, -0.25) is 4.79 Å². The number of imidazole rings is 1. The van der Waals surface area contributed by atoms with Gasteiger partial charge in [0.05, 0.1) is 17.3 Å². The number of piperidine rings is 1. The van der Waals surface area contributed by atoms with Gasteiger partial charge in [-0.1, -0.05) is 0 Å². The van der Waals surface area contributed by atoms with E-state index in [2.05, 4.69) is 9.88 Å². The number of nitrogens with two attached hydrogens (primary N) is 1. The fraction of sp³-hybridized carbons (Fsp3) is 0.429. The maximum atomic E-state index is 11.1. The van der Waals surface area contributed by atoms with Gasteiger partial charge < -0.3 is 20.1 Å². The molecule has 2 aromatic rings. The number of hydrogen-bond acceptors (Lipinski definition) is 4. The number of aliphatic carboxylic acids is 1. The number of fused-ring (bicyclic) bond motifs is 1. The summed E-state index contributed by atoms with van der Waals surface area (Å²) in [6.07, 6.45) is 5.58. The van der Waals surface area contributed by atoms with Crippen molar-refractivity contribution >= 4 is 17.3 Å². The van der Waals surface area contributed by atoms with Crippen LogP contribution in [-0.2, 0) is 11.3 Å². The largest absolute Gasteiger partial charge is 0.481 e. The number of nitrogens with zero attached hydrogens (tertiary/aromatic N) is 3. The number of pyridine rings is 1. The van der Waals surface area contributed by atoms with E-state index in [1.807, 2.05) is 28.9 Å². The summed E-state index contributed by atoms with van der Waals surface area (Å²) in [4.78, 5) is 17.6. The number of anilines is 1. The molecule has 20 heavy (non-hydrogen) atoms. The van der Waals surface area contributed by atoms with Crippen LogP contribution in [0.5, 0.6) is 0 Å². The minimum Gasteiger partial charge on any atom is -0.481 e. The molecule has 0 amide bonds. The van der Waals surface area contributed by atoms with E-state index in [1.165, 1.54) is 0 Å². The molecule has 3 heterocycles. The van der Waals surface area contributed by atoms with Crippen LogP contribution in [0.2, 0.25) is 0 Å². The lowest BCUT2D eigenvalue weighted by Gasteiger charge is -2.32. The molecule has 1 atom stereocenters. The van der Waals surface area contributed by atoms with Crippen molar-refractivity contribution in [2.75, 3.05) is 18.0 Å². The number of carboxylic acid groups (broad SMARTS) is 1. The number of hydrogen-bond donors (Lipinski definition) is 2. The molecule has 0 saturated carbocycles. The predicted octanol–water partition coefficient (Wildman–Crippen LogP) is 1.09. The second-order valence-electron chi connectivity index (χ2n) is 5.21. The Morgan fingerprint density at radius 1 is 1.45 bits per heavy atom. The quantitative estimate of drug-likeness (QED) is 0.875. The topological polar surface area (TPSA) is 83.9 Å². The molecule has 0 spiro atoms. The van der Waals surface area contributed by atoms with Crippen LogP contribution in [0.15, 0.2) is 24.5 Å². The summed E-state index contributed by atoms with van der Waals surface area (Å²) in [5, 5.41) is 9.15. The van der Waals surface area contributed by atoms with Gasteiger partial charge in [-0.05, 0) is 25.0 Å². The second-order valence-corrected chi connectivity index (χ2v) is 5.21. The summed E-state index contributed by atoms with van der Waals surface area (Å²) in [5.41, 5.74) is 8.34. The molecular weight excluding hydrogens is 256 g/mol. The Balaban J connectivity index is 1.87. The Hall–Kier alpha value is -2.08. The Morgan fingerprint density at radius 3 is 3.05 bits per heavy atom. The standard InChI is InChI=1S/C14H18N4O2/c15-6-11-8-18-9-12(3-4-13(18)16-11)17-5-1-2-10(7-17)14(19)20/h3-4,8-10H,1-2,5-7,15H2,(H,19,20). The highest BCUT2D eigenvalue weighted by atomic mass is 16.4. The molecule has 3 N–H and O–H groups in total. The van der Waals surface area contributed by atoms with Crippen molar-refractivity contribution in [3.63, 3.8) is 0 Å². The van der Waals surface area contributed by atoms with Gasteiger partial charge in [0, 0.05) is 32.0 Å². The Kier molecular flexibility index (Phi) is 3.31. The van der Waals surface area contributed by atoms with E-state index < -0.39 is 5.97 Å². The minimum absolute atomic E-state index is 0.276. The number of carbonyl (C=O) groups is 1. The molecule has 3 rings (SSSR count). The third kappa shape index (κ3) is 2.34. The van der Waals surface area contributed by atoms with Gasteiger partial charge in [0.15, 0.2) is 0 Å². The van der Waals surface area contributed by atoms with Crippen molar-refractivity contribution in [2.45, 2.75) is 19.4 Å². The van der Waals surface area contributed by atoms with Crippen LogP contribution >= 0.6 is 0 Å². The number of aromatic nitrogens is 2. The van der Waals surface area contributed by atoms with E-state index >= 15 is 0 Å². The molecule has 6 heteroatoms. The lowest BCUT2D eigenvalue weighted by atomic mass is 9.98. The first kappa shape index (κ1) is 12.9. The highest BCUT2D eigenvalue weighted by molar-refractivity contribution is 5.71. The summed E-state index contributed by atoms with van der Waals surface area (Å²) in [7, 11) is 0. The van der Waals surface area contributed by atoms with Crippen LogP contribution in [0.1, 0.15) is 18.5 Å². The van der Waals surface area contributed by atoms with Gasteiger partial charge in [-0.15, -0.1) is 0 Å². The second kappa shape index (κ2) is 5.13. The van der Waals surface area contributed by atoms with Crippen LogP contribution in [0.25, 0.3) is 5.65 Å². The monoisotopic (exact) mass is 274 g/mol. The van der Waals surface area contributed by atoms with Crippen LogP contribution in [-0.4, -0.2) is 33.6 Å². The first-order valence-corrected chi connectivity index (χ1v) is 6.83. The van der Waals surface area contributed by atoms with E-state index in [1.54, 1.807) is 0 Å². The highest BCUT2D eigenvalue weighted by Gasteiger charge is 2.25. The van der Waals surface area contributed by atoms with Crippen molar-refractivity contribution in [1.82, 2.24) is 9.38 Å². The Bertz CT molecular complexity index is 637. The molecule has 6 nitrogen and oxygen atoms in total. The summed E-state index contributed by atoms with van der Waals surface area (Å²) < 4.78 is 1.95. The molecule has 1 saturated heterocycles. The molecule has 1 fully saturated rings. The van der Waals surface area contributed by atoms with Crippen LogP contribution in [0.4, 0.5) is 5.69 Å². The first-order chi connectivity index (χ1) is 9.67. The zero-order valence-electron chi connectivity index (χ0n) is 11.2. The molecule has 1 unspecified atom stereocenters. The lowest BCUT2D eigenvalue weighted by Crippen LogP contribution is -2.38. The number of carboxylic acids is 1. The van der Waals surface area contributed by atoms with E-state index in [0.29, 0.717) is 13.1 Å². The van der Waals surface area contributed by atoms with E-state index in [9.17, 15) is 4.79 Å². The molecule has 1 aliphatic rings. The molecule has 1 aliphatic heterocycles. The Labute approximate surface area is 116 Å². The van der Waals surface area contributed by atoms with Crippen molar-refractivity contribution in [1.29, 1.82) is 0 Å². The zero-order chi connectivity index (χ0) is 14.1. The van der Waals surface area contributed by atoms with Gasteiger partial charge in [0.2, 0.25) is 0 Å². The highest BCUT2D eigenvalue weighted by Crippen LogP contribution is 2.24. The van der Waals surface area contributed by atoms with E-state index in [-0.39, 0.29) is 5.92 Å². The zero-order valence-corrected chi connectivity index (χ0v) is 11.2. The summed E-state index contributed by atoms with van der Waals surface area (Å²) in [6.45, 7) is 1.88. The minimum atomic E-state index is -0.705. The van der Waals surface area contributed by atoms with Crippen LogP contribution < -0.4 is 10.6 Å². The van der Waals surface area contributed by atoms with Crippen LogP contribution in [0.3, 0.4) is 0 Å². The van der Waals surface area contributed by atoms with Crippen molar-refractivity contribution in [2.24, 2.45) is 11.7 Å². The maximum Gasteiger partial charge on any atom is 0.308 e. The average Bonchev–Trinajstić information content (AvgIpc) is 2.89. The molecule has 2 aromatic heterocycles. The van der Waals surface area contributed by atoms with E-state index in [4.69, 9.17) is 10.8 Å². The van der Waals surface area contributed by atoms with Crippen molar-refractivity contribution < 1.29 is 9.90 Å². The first-order valence-electron chi connectivity index (χ1n) is 6.83. The molecular formula is C14H18N4O2. The average molecular weight is 274 g/mol. The van der Waals surface area contributed by atoms with Gasteiger partial charge in [0.25, 0.3) is 0 Å². The SMILES string of the molecule is NCc1cn2cc(N3CCCC(C(=O)O)C3)ccc2n1. The lowest BCUT2D eigenvalue weighted by molar-refractivity contribution is -0.141. The number of rotatable bonds is 3. The van der Waals surface area contributed by atoms with Gasteiger partial charge in [0.1, 0.15) is 5.65 Å². The summed E-state index contributed by atoms with van der Waals surface area (Å²) >= 11 is 0.